The molecule has 0 saturated carbocycles. The van der Waals surface area contributed by atoms with E-state index in [-0.39, 0.29) is 10.6 Å². The summed E-state index contributed by atoms with van der Waals surface area (Å²) in [4.78, 5) is 23.1. The van der Waals surface area contributed by atoms with E-state index in [1.165, 1.54) is 0 Å². The van der Waals surface area contributed by atoms with Gasteiger partial charge in [-0.2, -0.15) is 0 Å². The molecule has 4 aromatic rings. The standard InChI is InChI=1S/C23H19ClN4O4S/c24-17-4-1-3-16(13-17)22-25-18-5-2-10-33(30,31)21(18)19(26-22)11-14-6-8-15(9-7-14)12-20-27-23(29)32-28-20/h1,3-4,6-9,13H,2,5,10-12H2,(H,27,28,29). The maximum atomic E-state index is 12.9. The van der Waals surface area contributed by atoms with Gasteiger partial charge in [0.25, 0.3) is 0 Å². The molecule has 0 atom stereocenters. The summed E-state index contributed by atoms with van der Waals surface area (Å²) < 4.78 is 30.3. The molecule has 0 aliphatic carbocycles. The van der Waals surface area contributed by atoms with Crippen LogP contribution < -0.4 is 5.76 Å². The Kier molecular flexibility index (Phi) is 5.59. The summed E-state index contributed by atoms with van der Waals surface area (Å²) >= 11 is 6.15. The molecule has 8 nitrogen and oxygen atoms in total. The van der Waals surface area contributed by atoms with Gasteiger partial charge in [0.05, 0.1) is 17.1 Å². The van der Waals surface area contributed by atoms with Gasteiger partial charge < -0.3 is 0 Å². The highest BCUT2D eigenvalue weighted by Gasteiger charge is 2.30. The molecule has 168 valence electrons. The average molecular weight is 483 g/mol. The zero-order chi connectivity index (χ0) is 23.0. The summed E-state index contributed by atoms with van der Waals surface area (Å²) in [6.45, 7) is 0. The van der Waals surface area contributed by atoms with Crippen molar-refractivity contribution in [3.63, 3.8) is 0 Å². The lowest BCUT2D eigenvalue weighted by Gasteiger charge is -2.19. The predicted octanol–water partition coefficient (Wildman–Crippen LogP) is 3.37. The maximum absolute atomic E-state index is 12.9. The van der Waals surface area contributed by atoms with E-state index in [9.17, 15) is 13.2 Å². The van der Waals surface area contributed by atoms with Gasteiger partial charge in [-0.05, 0) is 36.1 Å². The van der Waals surface area contributed by atoms with Crippen molar-refractivity contribution in [2.45, 2.75) is 30.6 Å². The number of H-pyrrole nitrogens is 1. The summed E-state index contributed by atoms with van der Waals surface area (Å²) in [6, 6.07) is 14.9. The van der Waals surface area contributed by atoms with Gasteiger partial charge in [-0.15, -0.1) is 0 Å². The highest BCUT2D eigenvalue weighted by atomic mass is 35.5. The zero-order valence-electron chi connectivity index (χ0n) is 17.4. The Hall–Kier alpha value is -3.30. The van der Waals surface area contributed by atoms with Gasteiger partial charge in [0.15, 0.2) is 21.5 Å². The molecule has 10 heteroatoms. The lowest BCUT2D eigenvalue weighted by molar-refractivity contribution is 0.382. The smallest absolute Gasteiger partial charge is 0.296 e. The first-order chi connectivity index (χ1) is 15.9. The quantitative estimate of drug-likeness (QED) is 0.463. The van der Waals surface area contributed by atoms with Crippen LogP contribution in [0.25, 0.3) is 11.4 Å². The molecule has 0 radical (unpaired) electrons. The number of benzene rings is 2. The normalized spacial score (nSPS) is 14.7. The first kappa shape index (κ1) is 21.5. The van der Waals surface area contributed by atoms with Crippen molar-refractivity contribution in [2.24, 2.45) is 0 Å². The van der Waals surface area contributed by atoms with Gasteiger partial charge in [-0.25, -0.2) is 23.2 Å². The minimum atomic E-state index is -3.45. The summed E-state index contributed by atoms with van der Waals surface area (Å²) in [5, 5.41) is 4.24. The fraction of sp³-hybridized carbons (Fsp3) is 0.217. The van der Waals surface area contributed by atoms with E-state index in [0.717, 1.165) is 16.7 Å². The third-order valence-electron chi connectivity index (χ3n) is 5.48. The molecule has 1 aliphatic heterocycles. The van der Waals surface area contributed by atoms with Crippen LogP contribution in [-0.2, 0) is 29.1 Å². The maximum Gasteiger partial charge on any atom is 0.438 e. The first-order valence-corrected chi connectivity index (χ1v) is 12.4. The molecule has 33 heavy (non-hydrogen) atoms. The van der Waals surface area contributed by atoms with E-state index in [2.05, 4.69) is 24.6 Å². The topological polar surface area (TPSA) is 119 Å². The number of rotatable bonds is 5. The molecule has 0 fully saturated rings. The van der Waals surface area contributed by atoms with Crippen molar-refractivity contribution in [2.75, 3.05) is 5.75 Å². The van der Waals surface area contributed by atoms with E-state index in [1.54, 1.807) is 12.1 Å². The van der Waals surface area contributed by atoms with E-state index < -0.39 is 15.6 Å². The molecule has 5 rings (SSSR count). The Morgan fingerprint density at radius 3 is 2.48 bits per heavy atom. The van der Waals surface area contributed by atoms with Crippen LogP contribution >= 0.6 is 11.6 Å². The van der Waals surface area contributed by atoms with Crippen LogP contribution in [0.3, 0.4) is 0 Å². The molecule has 2 aromatic carbocycles. The van der Waals surface area contributed by atoms with Crippen LogP contribution in [0.2, 0.25) is 5.02 Å². The Bertz CT molecular complexity index is 1490. The molecule has 0 amide bonds. The van der Waals surface area contributed by atoms with Crippen molar-refractivity contribution < 1.29 is 12.9 Å². The van der Waals surface area contributed by atoms with Crippen molar-refractivity contribution in [1.29, 1.82) is 0 Å². The number of fused-ring (bicyclic) bond motifs is 1. The second-order valence-electron chi connectivity index (χ2n) is 7.91. The number of nitrogens with one attached hydrogen (secondary N) is 1. The van der Waals surface area contributed by atoms with Crippen LogP contribution in [0.15, 0.2) is 62.7 Å². The lowest BCUT2D eigenvalue weighted by Crippen LogP contribution is -2.21. The van der Waals surface area contributed by atoms with E-state index in [0.29, 0.717) is 53.7 Å². The van der Waals surface area contributed by atoms with Gasteiger partial charge in [-0.1, -0.05) is 53.2 Å². The minimum absolute atomic E-state index is 0.0989. The van der Waals surface area contributed by atoms with Gasteiger partial charge in [0.2, 0.25) is 0 Å². The average Bonchev–Trinajstić information content (AvgIpc) is 3.19. The predicted molar refractivity (Wildman–Crippen MR) is 122 cm³/mol. The lowest BCUT2D eigenvalue weighted by atomic mass is 10.0. The third-order valence-corrected chi connectivity index (χ3v) is 7.63. The van der Waals surface area contributed by atoms with Crippen LogP contribution in [0.5, 0.6) is 0 Å². The second-order valence-corrected chi connectivity index (χ2v) is 10.4. The van der Waals surface area contributed by atoms with E-state index in [4.69, 9.17) is 11.6 Å². The summed E-state index contributed by atoms with van der Waals surface area (Å²) in [5.41, 5.74) is 3.63. The Balaban J connectivity index is 1.51. The largest absolute Gasteiger partial charge is 0.438 e. The summed E-state index contributed by atoms with van der Waals surface area (Å²) in [5.74, 6) is 0.415. The van der Waals surface area contributed by atoms with Gasteiger partial charge in [-0.3, -0.25) is 9.51 Å². The van der Waals surface area contributed by atoms with Crippen molar-refractivity contribution in [3.8, 4) is 11.4 Å². The molecule has 0 saturated heterocycles. The molecule has 0 unspecified atom stereocenters. The molecule has 2 aromatic heterocycles. The molecule has 1 N–H and O–H groups in total. The molecule has 0 bridgehead atoms. The Labute approximate surface area is 194 Å². The van der Waals surface area contributed by atoms with Crippen molar-refractivity contribution >= 4 is 21.4 Å². The zero-order valence-corrected chi connectivity index (χ0v) is 19.0. The third kappa shape index (κ3) is 4.60. The number of aryl methyl sites for hydroxylation is 1. The van der Waals surface area contributed by atoms with Crippen molar-refractivity contribution in [1.82, 2.24) is 20.1 Å². The highest BCUT2D eigenvalue weighted by molar-refractivity contribution is 7.91. The molecular formula is C23H19ClN4O4S. The SMILES string of the molecule is O=c1[nH]c(Cc2ccc(Cc3nc(-c4cccc(Cl)c4)nc4c3S(=O)(=O)CCC4)cc2)no1. The van der Waals surface area contributed by atoms with E-state index >= 15 is 0 Å². The van der Waals surface area contributed by atoms with Crippen LogP contribution in [0, 0.1) is 0 Å². The number of halogens is 1. The number of aromatic nitrogens is 4. The fourth-order valence-electron chi connectivity index (χ4n) is 3.98. The number of nitrogens with zero attached hydrogens (tertiary/aromatic N) is 3. The molecular weight excluding hydrogens is 464 g/mol. The summed E-state index contributed by atoms with van der Waals surface area (Å²) in [6.07, 6.45) is 1.90. The Morgan fingerprint density at radius 2 is 1.79 bits per heavy atom. The second kappa shape index (κ2) is 8.57. The highest BCUT2D eigenvalue weighted by Crippen LogP contribution is 2.31. The number of hydrogen-bond acceptors (Lipinski definition) is 7. The summed E-state index contributed by atoms with van der Waals surface area (Å²) in [7, 11) is -3.45. The van der Waals surface area contributed by atoms with Crippen LogP contribution in [-0.4, -0.2) is 34.3 Å². The van der Waals surface area contributed by atoms with Gasteiger partial charge in [0, 0.05) is 23.4 Å². The number of aromatic amines is 1. The molecule has 3 heterocycles. The van der Waals surface area contributed by atoms with Crippen LogP contribution in [0.4, 0.5) is 0 Å². The fourth-order valence-corrected chi connectivity index (χ4v) is 5.89. The van der Waals surface area contributed by atoms with Gasteiger partial charge in [0.1, 0.15) is 4.90 Å². The van der Waals surface area contributed by atoms with E-state index in [1.807, 2.05) is 36.4 Å². The minimum Gasteiger partial charge on any atom is -0.296 e. The number of sulfone groups is 1. The van der Waals surface area contributed by atoms with Crippen molar-refractivity contribution in [3.05, 3.63) is 92.4 Å². The molecule has 1 aliphatic rings. The monoisotopic (exact) mass is 482 g/mol. The van der Waals surface area contributed by atoms with Crippen LogP contribution in [0.1, 0.15) is 34.8 Å². The molecule has 0 spiro atoms. The Morgan fingerprint density at radius 1 is 1.03 bits per heavy atom. The first-order valence-electron chi connectivity index (χ1n) is 10.4. The number of hydrogen-bond donors (Lipinski definition) is 1. The van der Waals surface area contributed by atoms with Gasteiger partial charge >= 0.3 is 5.76 Å².